The number of aliphatic hydroxyl groups is 3. The minimum absolute atomic E-state index is 0.0272. The number of rotatable bonds is 4. The molecule has 9 heteroatoms. The predicted octanol–water partition coefficient (Wildman–Crippen LogP) is 0.456. The van der Waals surface area contributed by atoms with E-state index in [-0.39, 0.29) is 29.5 Å². The van der Waals surface area contributed by atoms with Gasteiger partial charge in [0.05, 0.1) is 28.8 Å². The van der Waals surface area contributed by atoms with E-state index in [4.69, 9.17) is 26.2 Å². The number of nitrogens with zero attached hydrogens (tertiary/aromatic N) is 1. The Bertz CT molecular complexity index is 526. The van der Waals surface area contributed by atoms with Crippen molar-refractivity contribution in [2.24, 2.45) is 0 Å². The van der Waals surface area contributed by atoms with E-state index < -0.39 is 29.5 Å². The first-order chi connectivity index (χ1) is 9.92. The molecule has 116 valence electrons. The van der Waals surface area contributed by atoms with Gasteiger partial charge in [-0.15, -0.1) is 0 Å². The summed E-state index contributed by atoms with van der Waals surface area (Å²) >= 11 is 5.87. The highest BCUT2D eigenvalue weighted by molar-refractivity contribution is 6.32. The highest BCUT2D eigenvalue weighted by Crippen LogP contribution is 2.31. The summed E-state index contributed by atoms with van der Waals surface area (Å²) in [6, 6.07) is 3.56. The Morgan fingerprint density at radius 1 is 1.48 bits per heavy atom. The molecule has 3 N–H and O–H groups in total. The Labute approximate surface area is 124 Å². The normalized spacial score (nSPS) is 29.1. The van der Waals surface area contributed by atoms with Gasteiger partial charge in [0.1, 0.15) is 11.9 Å². The topological polar surface area (TPSA) is 122 Å². The van der Waals surface area contributed by atoms with E-state index in [1.807, 2.05) is 0 Å². The summed E-state index contributed by atoms with van der Waals surface area (Å²) in [5.74, 6) is 0.0668. The van der Waals surface area contributed by atoms with Crippen molar-refractivity contribution in [1.29, 1.82) is 0 Å². The van der Waals surface area contributed by atoms with Crippen LogP contribution in [0.2, 0.25) is 5.02 Å². The summed E-state index contributed by atoms with van der Waals surface area (Å²) < 4.78 is 10.6. The molecule has 0 aliphatic carbocycles. The van der Waals surface area contributed by atoms with Gasteiger partial charge in [0.25, 0.3) is 5.69 Å². The zero-order chi connectivity index (χ0) is 15.6. The van der Waals surface area contributed by atoms with E-state index in [2.05, 4.69) is 0 Å². The lowest BCUT2D eigenvalue weighted by molar-refractivity contribution is -0.384. The second kappa shape index (κ2) is 6.54. The first kappa shape index (κ1) is 15.9. The number of nitro benzene ring substituents is 1. The van der Waals surface area contributed by atoms with Crippen molar-refractivity contribution in [3.05, 3.63) is 33.3 Å². The summed E-state index contributed by atoms with van der Waals surface area (Å²) in [5.41, 5.74) is -0.203. The largest absolute Gasteiger partial charge is 0.460 e. The Kier molecular flexibility index (Phi) is 4.96. The molecule has 0 radical (unpaired) electrons. The van der Waals surface area contributed by atoms with Crippen LogP contribution in [0, 0.1) is 10.1 Å². The fraction of sp³-hybridized carbons (Fsp3) is 0.500. The standard InChI is InChI=1S/C12H14ClNO7/c13-8-3-6(14(18)19)1-2-10(8)21-12-11(17)9(16)4-7(5-15)20-12/h1-3,7,9,11-12,15-17H,4-5H2/t7-,9-,11+,12-/m0/s1. The van der Waals surface area contributed by atoms with Gasteiger partial charge in [-0.05, 0) is 6.07 Å². The molecule has 2 rings (SSSR count). The third-order valence-corrected chi connectivity index (χ3v) is 3.37. The lowest BCUT2D eigenvalue weighted by Crippen LogP contribution is -2.51. The number of halogens is 1. The van der Waals surface area contributed by atoms with Crippen LogP contribution >= 0.6 is 11.6 Å². The summed E-state index contributed by atoms with van der Waals surface area (Å²) in [6.07, 6.45) is -4.27. The molecule has 4 atom stereocenters. The van der Waals surface area contributed by atoms with Crippen LogP contribution in [0.15, 0.2) is 18.2 Å². The van der Waals surface area contributed by atoms with Crippen LogP contribution in [-0.2, 0) is 4.74 Å². The van der Waals surface area contributed by atoms with Crippen LogP contribution in [-0.4, -0.2) is 51.5 Å². The lowest BCUT2D eigenvalue weighted by atomic mass is 10.0. The molecule has 0 amide bonds. The lowest BCUT2D eigenvalue weighted by Gasteiger charge is -2.36. The average molecular weight is 320 g/mol. The molecule has 0 bridgehead atoms. The SMILES string of the molecule is O=[N+]([O-])c1ccc(O[C@@H]2O[C@H](CO)C[C@H](O)[C@H]2O)c(Cl)c1. The van der Waals surface area contributed by atoms with Crippen LogP contribution < -0.4 is 4.74 Å². The maximum atomic E-state index is 10.6. The number of non-ortho nitro benzene ring substituents is 1. The Hall–Kier alpha value is -1.45. The molecule has 0 aromatic heterocycles. The molecular formula is C12H14ClNO7. The third kappa shape index (κ3) is 3.60. The number of benzene rings is 1. The maximum Gasteiger partial charge on any atom is 0.271 e. The summed E-state index contributed by atoms with van der Waals surface area (Å²) in [5, 5.41) is 39.1. The predicted molar refractivity (Wildman–Crippen MR) is 71.1 cm³/mol. The van der Waals surface area contributed by atoms with E-state index in [1.54, 1.807) is 0 Å². The molecular weight excluding hydrogens is 306 g/mol. The van der Waals surface area contributed by atoms with Gasteiger partial charge in [0.15, 0.2) is 0 Å². The van der Waals surface area contributed by atoms with Gasteiger partial charge in [-0.3, -0.25) is 10.1 Å². The van der Waals surface area contributed by atoms with Crippen molar-refractivity contribution in [2.75, 3.05) is 6.61 Å². The Balaban J connectivity index is 2.14. The maximum absolute atomic E-state index is 10.6. The fourth-order valence-corrected chi connectivity index (χ4v) is 2.17. The molecule has 0 saturated carbocycles. The number of aliphatic hydroxyl groups excluding tert-OH is 3. The van der Waals surface area contributed by atoms with Crippen LogP contribution in [0.5, 0.6) is 5.75 Å². The molecule has 1 aliphatic heterocycles. The van der Waals surface area contributed by atoms with E-state index in [0.717, 1.165) is 6.07 Å². The average Bonchev–Trinajstić information content (AvgIpc) is 2.45. The summed E-state index contributed by atoms with van der Waals surface area (Å²) in [6.45, 7) is -0.336. The molecule has 0 unspecified atom stereocenters. The fourth-order valence-electron chi connectivity index (χ4n) is 1.95. The molecule has 1 fully saturated rings. The van der Waals surface area contributed by atoms with Crippen LogP contribution in [0.1, 0.15) is 6.42 Å². The highest BCUT2D eigenvalue weighted by atomic mass is 35.5. The molecule has 8 nitrogen and oxygen atoms in total. The van der Waals surface area contributed by atoms with Crippen LogP contribution in [0.25, 0.3) is 0 Å². The van der Waals surface area contributed by atoms with E-state index >= 15 is 0 Å². The summed E-state index contributed by atoms with van der Waals surface area (Å²) in [4.78, 5) is 10.0. The molecule has 0 spiro atoms. The van der Waals surface area contributed by atoms with E-state index in [9.17, 15) is 20.3 Å². The first-order valence-electron chi connectivity index (χ1n) is 6.15. The van der Waals surface area contributed by atoms with Crippen molar-refractivity contribution >= 4 is 17.3 Å². The Morgan fingerprint density at radius 2 is 2.19 bits per heavy atom. The number of hydrogen-bond donors (Lipinski definition) is 3. The third-order valence-electron chi connectivity index (χ3n) is 3.08. The van der Waals surface area contributed by atoms with Gasteiger partial charge in [0, 0.05) is 18.6 Å². The molecule has 1 heterocycles. The van der Waals surface area contributed by atoms with Crippen molar-refractivity contribution in [3.63, 3.8) is 0 Å². The smallest absolute Gasteiger partial charge is 0.271 e. The molecule has 1 aromatic rings. The molecule has 21 heavy (non-hydrogen) atoms. The van der Waals surface area contributed by atoms with Crippen molar-refractivity contribution in [2.45, 2.75) is 31.0 Å². The second-order valence-electron chi connectivity index (χ2n) is 4.59. The van der Waals surface area contributed by atoms with Gasteiger partial charge in [-0.25, -0.2) is 0 Å². The number of hydrogen-bond acceptors (Lipinski definition) is 7. The highest BCUT2D eigenvalue weighted by Gasteiger charge is 2.38. The van der Waals surface area contributed by atoms with Gasteiger partial charge in [-0.2, -0.15) is 0 Å². The molecule has 1 saturated heterocycles. The van der Waals surface area contributed by atoms with Gasteiger partial charge in [-0.1, -0.05) is 11.6 Å². The first-order valence-corrected chi connectivity index (χ1v) is 6.53. The number of nitro groups is 1. The van der Waals surface area contributed by atoms with Crippen molar-refractivity contribution in [3.8, 4) is 5.75 Å². The Morgan fingerprint density at radius 3 is 2.76 bits per heavy atom. The zero-order valence-electron chi connectivity index (χ0n) is 10.8. The zero-order valence-corrected chi connectivity index (χ0v) is 11.5. The van der Waals surface area contributed by atoms with E-state index in [1.165, 1.54) is 12.1 Å². The second-order valence-corrected chi connectivity index (χ2v) is 5.00. The molecule has 1 aliphatic rings. The quantitative estimate of drug-likeness (QED) is 0.544. The van der Waals surface area contributed by atoms with Gasteiger partial charge >= 0.3 is 0 Å². The molecule has 1 aromatic carbocycles. The van der Waals surface area contributed by atoms with Gasteiger partial charge in [0.2, 0.25) is 6.29 Å². The van der Waals surface area contributed by atoms with Crippen molar-refractivity contribution < 1.29 is 29.7 Å². The van der Waals surface area contributed by atoms with E-state index in [0.29, 0.717) is 0 Å². The van der Waals surface area contributed by atoms with Crippen molar-refractivity contribution in [1.82, 2.24) is 0 Å². The van der Waals surface area contributed by atoms with Gasteiger partial charge < -0.3 is 24.8 Å². The monoisotopic (exact) mass is 319 g/mol. The summed E-state index contributed by atoms with van der Waals surface area (Å²) in [7, 11) is 0. The number of ether oxygens (including phenoxy) is 2. The minimum Gasteiger partial charge on any atom is -0.460 e. The van der Waals surface area contributed by atoms with Crippen LogP contribution in [0.4, 0.5) is 5.69 Å². The van der Waals surface area contributed by atoms with Crippen LogP contribution in [0.3, 0.4) is 0 Å². The minimum atomic E-state index is -1.32.